The van der Waals surface area contributed by atoms with E-state index in [0.717, 1.165) is 53.5 Å². The largest absolute Gasteiger partial charge is 0.495 e. The number of pyridine rings is 2. The topological polar surface area (TPSA) is 76.1 Å². The number of nitrogens with zero attached hydrogens (tertiary/aromatic N) is 5. The Morgan fingerprint density at radius 2 is 1.86 bits per heavy atom. The second-order valence-corrected chi connectivity index (χ2v) is 9.80. The number of hydrogen-bond donors (Lipinski definition) is 1. The zero-order chi connectivity index (χ0) is 24.4. The van der Waals surface area contributed by atoms with Gasteiger partial charge in [0.25, 0.3) is 0 Å². The molecule has 0 unspecified atom stereocenters. The Bertz CT molecular complexity index is 1230. The second-order valence-electron chi connectivity index (χ2n) is 9.80. The van der Waals surface area contributed by atoms with Crippen LogP contribution in [0.2, 0.25) is 0 Å². The molecule has 0 spiro atoms. The Morgan fingerprint density at radius 3 is 2.60 bits per heavy atom. The number of ether oxygens (including phenoxy) is 1. The normalized spacial score (nSPS) is 19.8. The Morgan fingerprint density at radius 1 is 1.03 bits per heavy atom. The quantitative estimate of drug-likeness (QED) is 0.472. The van der Waals surface area contributed by atoms with E-state index in [2.05, 4.69) is 40.1 Å². The number of allylic oxidation sites excluding steroid dienone is 2. The van der Waals surface area contributed by atoms with E-state index in [0.29, 0.717) is 11.8 Å². The predicted octanol–water partition coefficient (Wildman–Crippen LogP) is 6.02. The van der Waals surface area contributed by atoms with Gasteiger partial charge in [0.05, 0.1) is 30.9 Å². The lowest BCUT2D eigenvalue weighted by molar-refractivity contribution is 0.181. The van der Waals surface area contributed by atoms with Gasteiger partial charge in [0.1, 0.15) is 17.4 Å². The summed E-state index contributed by atoms with van der Waals surface area (Å²) in [4.78, 5) is 21.3. The molecule has 182 valence electrons. The van der Waals surface area contributed by atoms with Crippen molar-refractivity contribution in [1.82, 2.24) is 24.8 Å². The van der Waals surface area contributed by atoms with Gasteiger partial charge in [-0.05, 0) is 70.6 Å². The second kappa shape index (κ2) is 10.0. The average Bonchev–Trinajstić information content (AvgIpc) is 2.83. The van der Waals surface area contributed by atoms with Crippen LogP contribution >= 0.6 is 0 Å². The SMILES string of the molecule is COc1cncc(-c2cc(Nc3cncc(C)c3)nc([C@@H]3CC[C@H](C)N(C(C)=C4CCC4)C3)n2)c1. The molecule has 3 aromatic rings. The summed E-state index contributed by atoms with van der Waals surface area (Å²) in [6.07, 6.45) is 13.2. The van der Waals surface area contributed by atoms with Crippen molar-refractivity contribution < 1.29 is 4.74 Å². The zero-order valence-corrected chi connectivity index (χ0v) is 21.1. The maximum absolute atomic E-state index is 5.41. The lowest BCUT2D eigenvalue weighted by atomic mass is 9.87. The maximum Gasteiger partial charge on any atom is 0.137 e. The van der Waals surface area contributed by atoms with Gasteiger partial charge < -0.3 is 15.0 Å². The molecule has 1 aliphatic heterocycles. The first-order valence-corrected chi connectivity index (χ1v) is 12.5. The average molecular weight is 471 g/mol. The maximum atomic E-state index is 5.41. The van der Waals surface area contributed by atoms with Crippen molar-refractivity contribution in [3.05, 3.63) is 65.6 Å². The molecular weight excluding hydrogens is 436 g/mol. The van der Waals surface area contributed by atoms with E-state index in [9.17, 15) is 0 Å². The number of anilines is 2. The molecule has 0 radical (unpaired) electrons. The fourth-order valence-electron chi connectivity index (χ4n) is 5.01. The van der Waals surface area contributed by atoms with Gasteiger partial charge >= 0.3 is 0 Å². The monoisotopic (exact) mass is 470 g/mol. The van der Waals surface area contributed by atoms with Crippen molar-refractivity contribution in [1.29, 1.82) is 0 Å². The molecule has 7 nitrogen and oxygen atoms in total. The summed E-state index contributed by atoms with van der Waals surface area (Å²) >= 11 is 0. The van der Waals surface area contributed by atoms with Crippen molar-refractivity contribution in [3.63, 3.8) is 0 Å². The number of nitrogens with one attached hydrogen (secondary N) is 1. The number of piperidine rings is 1. The summed E-state index contributed by atoms with van der Waals surface area (Å²) in [6.45, 7) is 7.62. The highest BCUT2D eigenvalue weighted by Gasteiger charge is 2.30. The minimum absolute atomic E-state index is 0.261. The van der Waals surface area contributed by atoms with Gasteiger partial charge in [0.15, 0.2) is 0 Å². The molecule has 35 heavy (non-hydrogen) atoms. The number of aryl methyl sites for hydroxylation is 1. The van der Waals surface area contributed by atoms with E-state index in [1.54, 1.807) is 18.9 Å². The van der Waals surface area contributed by atoms with Gasteiger partial charge in [0, 0.05) is 48.2 Å². The number of aromatic nitrogens is 4. The Balaban J connectivity index is 1.51. The van der Waals surface area contributed by atoms with E-state index in [1.807, 2.05) is 37.6 Å². The van der Waals surface area contributed by atoms with Crippen LogP contribution in [0.3, 0.4) is 0 Å². The molecule has 5 rings (SSSR count). The number of likely N-dealkylation sites (tertiary alicyclic amines) is 1. The summed E-state index contributed by atoms with van der Waals surface area (Å²) in [6, 6.07) is 6.56. The van der Waals surface area contributed by atoms with E-state index >= 15 is 0 Å². The van der Waals surface area contributed by atoms with Gasteiger partial charge in [-0.1, -0.05) is 5.57 Å². The van der Waals surface area contributed by atoms with Gasteiger partial charge in [-0.15, -0.1) is 0 Å². The summed E-state index contributed by atoms with van der Waals surface area (Å²) in [5.74, 6) is 2.60. The molecule has 7 heteroatoms. The smallest absolute Gasteiger partial charge is 0.137 e. The van der Waals surface area contributed by atoms with E-state index in [-0.39, 0.29) is 5.92 Å². The first kappa shape index (κ1) is 23.3. The Hall–Kier alpha value is -3.48. The summed E-state index contributed by atoms with van der Waals surface area (Å²) in [5.41, 5.74) is 6.83. The highest BCUT2D eigenvalue weighted by Crippen LogP contribution is 2.37. The molecule has 0 aromatic carbocycles. The van der Waals surface area contributed by atoms with Gasteiger partial charge in [-0.25, -0.2) is 9.97 Å². The molecule has 0 amide bonds. The lowest BCUT2D eigenvalue weighted by Gasteiger charge is -2.41. The van der Waals surface area contributed by atoms with Crippen LogP contribution < -0.4 is 10.1 Å². The van der Waals surface area contributed by atoms with Crippen molar-refractivity contribution in [3.8, 4) is 17.0 Å². The fraction of sp³-hybridized carbons (Fsp3) is 0.429. The van der Waals surface area contributed by atoms with Crippen LogP contribution in [0.15, 0.2) is 54.3 Å². The molecule has 2 aliphatic rings. The minimum Gasteiger partial charge on any atom is -0.495 e. The third kappa shape index (κ3) is 5.14. The predicted molar refractivity (Wildman–Crippen MR) is 139 cm³/mol. The first-order chi connectivity index (χ1) is 17.0. The zero-order valence-electron chi connectivity index (χ0n) is 21.1. The van der Waals surface area contributed by atoms with E-state index < -0.39 is 0 Å². The summed E-state index contributed by atoms with van der Waals surface area (Å²) < 4.78 is 5.41. The summed E-state index contributed by atoms with van der Waals surface area (Å²) in [5, 5.41) is 3.45. The van der Waals surface area contributed by atoms with Crippen LogP contribution in [0.5, 0.6) is 5.75 Å². The minimum atomic E-state index is 0.261. The number of methoxy groups -OCH3 is 1. The van der Waals surface area contributed by atoms with Crippen LogP contribution in [0, 0.1) is 6.92 Å². The third-order valence-electron chi connectivity index (χ3n) is 7.28. The molecule has 2 fully saturated rings. The molecule has 1 N–H and O–H groups in total. The fourth-order valence-corrected chi connectivity index (χ4v) is 5.01. The van der Waals surface area contributed by atoms with E-state index in [4.69, 9.17) is 14.7 Å². The molecule has 0 bridgehead atoms. The van der Waals surface area contributed by atoms with E-state index in [1.165, 1.54) is 25.0 Å². The van der Waals surface area contributed by atoms with Crippen molar-refractivity contribution in [2.75, 3.05) is 19.0 Å². The van der Waals surface area contributed by atoms with Crippen molar-refractivity contribution in [2.45, 2.75) is 64.8 Å². The molecule has 2 atom stereocenters. The first-order valence-electron chi connectivity index (χ1n) is 12.5. The number of hydrogen-bond acceptors (Lipinski definition) is 7. The van der Waals surface area contributed by atoms with Crippen LogP contribution in [0.4, 0.5) is 11.5 Å². The molecule has 1 saturated heterocycles. The standard InChI is InChI=1S/C28H34N6O/c1-18-10-24(15-29-13-18)31-27-12-26(23-11-25(35-4)16-30-14-23)32-28(33-27)22-9-8-19(2)34(17-22)20(3)21-6-5-7-21/h10-16,19,22H,5-9,17H2,1-4H3,(H,31,32,33)/t19-,22+/m0/s1. The lowest BCUT2D eigenvalue weighted by Crippen LogP contribution is -2.41. The van der Waals surface area contributed by atoms with Crippen LogP contribution in [0.25, 0.3) is 11.3 Å². The van der Waals surface area contributed by atoms with Crippen LogP contribution in [-0.2, 0) is 0 Å². The van der Waals surface area contributed by atoms with Crippen LogP contribution in [-0.4, -0.2) is 44.5 Å². The number of rotatable bonds is 6. The molecular formula is C28H34N6O. The summed E-state index contributed by atoms with van der Waals surface area (Å²) in [7, 11) is 1.65. The third-order valence-corrected chi connectivity index (χ3v) is 7.28. The van der Waals surface area contributed by atoms with Gasteiger partial charge in [0.2, 0.25) is 0 Å². The van der Waals surface area contributed by atoms with Crippen molar-refractivity contribution >= 4 is 11.5 Å². The highest BCUT2D eigenvalue weighted by atomic mass is 16.5. The van der Waals surface area contributed by atoms with Crippen molar-refractivity contribution in [2.24, 2.45) is 0 Å². The molecule has 1 saturated carbocycles. The van der Waals surface area contributed by atoms with Crippen LogP contribution in [0.1, 0.15) is 63.3 Å². The Kier molecular flexibility index (Phi) is 6.66. The van der Waals surface area contributed by atoms with Gasteiger partial charge in [-0.2, -0.15) is 0 Å². The molecule has 1 aliphatic carbocycles. The Labute approximate surface area is 207 Å². The molecule has 3 aromatic heterocycles. The molecule has 4 heterocycles. The van der Waals surface area contributed by atoms with Gasteiger partial charge in [-0.3, -0.25) is 9.97 Å². The highest BCUT2D eigenvalue weighted by molar-refractivity contribution is 5.66.